The van der Waals surface area contributed by atoms with E-state index in [-0.39, 0.29) is 11.4 Å². The second-order valence-electron chi connectivity index (χ2n) is 5.30. The normalized spacial score (nSPS) is 11.5. The second kappa shape index (κ2) is 7.28. The van der Waals surface area contributed by atoms with Gasteiger partial charge in [0.25, 0.3) is 10.0 Å². The Bertz CT molecular complexity index is 1070. The van der Waals surface area contributed by atoms with Crippen LogP contribution < -0.4 is 4.31 Å². The highest BCUT2D eigenvalue weighted by Gasteiger charge is 2.27. The van der Waals surface area contributed by atoms with E-state index >= 15 is 0 Å². The molecule has 0 aliphatic heterocycles. The zero-order valence-corrected chi connectivity index (χ0v) is 16.6. The third kappa shape index (κ3) is 3.43. The Hall–Kier alpha value is -2.07. The highest BCUT2D eigenvalue weighted by molar-refractivity contribution is 7.93. The first kappa shape index (κ1) is 17.3. The van der Waals surface area contributed by atoms with Gasteiger partial charge >= 0.3 is 0 Å². The Morgan fingerprint density at radius 3 is 2.54 bits per heavy atom. The van der Waals surface area contributed by atoms with Gasteiger partial charge in [-0.3, -0.25) is 0 Å². The molecule has 0 N–H and O–H groups in total. The predicted octanol–water partition coefficient (Wildman–Crippen LogP) is 4.72. The molecule has 0 aliphatic rings. The molecule has 0 unspecified atom stereocenters. The molecular weight excluding hydrogens is 406 g/mol. The molecule has 3 heterocycles. The molecule has 0 atom stereocenters. The van der Waals surface area contributed by atoms with Crippen LogP contribution in [-0.2, 0) is 16.6 Å². The molecule has 26 heavy (non-hydrogen) atoms. The van der Waals surface area contributed by atoms with Crippen molar-refractivity contribution in [1.82, 2.24) is 9.97 Å². The van der Waals surface area contributed by atoms with Crippen LogP contribution in [0.3, 0.4) is 0 Å². The van der Waals surface area contributed by atoms with Crippen LogP contribution in [0, 0.1) is 0 Å². The van der Waals surface area contributed by atoms with E-state index in [4.69, 9.17) is 0 Å². The van der Waals surface area contributed by atoms with Crippen molar-refractivity contribution in [2.24, 2.45) is 0 Å². The van der Waals surface area contributed by atoms with Gasteiger partial charge in [-0.2, -0.15) is 11.3 Å². The van der Waals surface area contributed by atoms with Crippen molar-refractivity contribution in [2.45, 2.75) is 11.4 Å². The minimum absolute atomic E-state index is 0.144. The summed E-state index contributed by atoms with van der Waals surface area (Å²) in [5.41, 5.74) is 1.75. The van der Waals surface area contributed by atoms with Crippen molar-refractivity contribution >= 4 is 49.2 Å². The van der Waals surface area contributed by atoms with Crippen LogP contribution in [0.4, 0.5) is 5.13 Å². The summed E-state index contributed by atoms with van der Waals surface area (Å²) in [6.07, 6.45) is 1.60. The van der Waals surface area contributed by atoms with Gasteiger partial charge in [-0.1, -0.05) is 18.2 Å². The summed E-state index contributed by atoms with van der Waals surface area (Å²) in [7, 11) is -3.72. The molecule has 3 aromatic heterocycles. The number of anilines is 1. The van der Waals surface area contributed by atoms with Crippen LogP contribution in [-0.4, -0.2) is 18.4 Å². The van der Waals surface area contributed by atoms with Crippen molar-refractivity contribution in [3.05, 3.63) is 69.8 Å². The molecule has 0 spiro atoms. The van der Waals surface area contributed by atoms with Crippen molar-refractivity contribution in [3.8, 4) is 10.6 Å². The fourth-order valence-electron chi connectivity index (χ4n) is 2.36. The number of aromatic nitrogens is 2. The van der Waals surface area contributed by atoms with E-state index in [0.717, 1.165) is 10.6 Å². The highest BCUT2D eigenvalue weighted by atomic mass is 32.2. The van der Waals surface area contributed by atoms with E-state index in [1.54, 1.807) is 53.2 Å². The minimum Gasteiger partial charge on any atom is -0.239 e. The fourth-order valence-corrected chi connectivity index (χ4v) is 6.16. The van der Waals surface area contributed by atoms with E-state index in [9.17, 15) is 8.42 Å². The maximum atomic E-state index is 13.1. The van der Waals surface area contributed by atoms with Gasteiger partial charge in [0.05, 0.1) is 17.1 Å². The van der Waals surface area contributed by atoms with Gasteiger partial charge in [-0.05, 0) is 23.6 Å². The first-order valence-electron chi connectivity index (χ1n) is 7.59. The van der Waals surface area contributed by atoms with Crippen LogP contribution in [0.15, 0.2) is 69.0 Å². The molecule has 0 amide bonds. The molecule has 0 aliphatic carbocycles. The van der Waals surface area contributed by atoms with Crippen molar-refractivity contribution < 1.29 is 8.42 Å². The third-order valence-electron chi connectivity index (χ3n) is 3.59. The smallest absolute Gasteiger partial charge is 0.239 e. The molecule has 9 heteroatoms. The van der Waals surface area contributed by atoms with Gasteiger partial charge in [0, 0.05) is 27.9 Å². The van der Waals surface area contributed by atoms with Gasteiger partial charge in [0.1, 0.15) is 5.01 Å². The van der Waals surface area contributed by atoms with Crippen molar-refractivity contribution in [3.63, 3.8) is 0 Å². The van der Waals surface area contributed by atoms with Crippen LogP contribution in [0.5, 0.6) is 0 Å². The minimum atomic E-state index is -3.72. The largest absolute Gasteiger partial charge is 0.266 e. The maximum absolute atomic E-state index is 13.1. The standard InChI is InChI=1S/C17H13N3O2S4/c21-26(22,15-4-2-1-3-5-15)20(17-18-7-9-24-17)10-14-12-25-16(19-14)13-6-8-23-11-13/h1-9,11-12H,10H2. The van der Waals surface area contributed by atoms with Gasteiger partial charge < -0.3 is 0 Å². The molecule has 0 saturated carbocycles. The molecule has 0 bridgehead atoms. The lowest BCUT2D eigenvalue weighted by molar-refractivity contribution is 0.590. The first-order valence-corrected chi connectivity index (χ1v) is 11.7. The van der Waals surface area contributed by atoms with E-state index in [1.165, 1.54) is 27.0 Å². The van der Waals surface area contributed by atoms with Crippen molar-refractivity contribution in [1.29, 1.82) is 0 Å². The number of nitrogens with zero attached hydrogens (tertiary/aromatic N) is 3. The zero-order valence-electron chi connectivity index (χ0n) is 13.3. The monoisotopic (exact) mass is 419 g/mol. The van der Waals surface area contributed by atoms with Crippen LogP contribution in [0.25, 0.3) is 10.6 Å². The van der Waals surface area contributed by atoms with E-state index < -0.39 is 10.0 Å². The molecule has 1 aromatic carbocycles. The number of hydrogen-bond acceptors (Lipinski definition) is 7. The van der Waals surface area contributed by atoms with E-state index in [2.05, 4.69) is 9.97 Å². The zero-order chi connectivity index (χ0) is 18.0. The molecule has 0 fully saturated rings. The summed E-state index contributed by atoms with van der Waals surface area (Å²) in [5.74, 6) is 0. The SMILES string of the molecule is O=S(=O)(c1ccccc1)N(Cc1csc(-c2ccsc2)n1)c1nccs1. The summed E-state index contributed by atoms with van der Waals surface area (Å²) in [6.45, 7) is 0.144. The summed E-state index contributed by atoms with van der Waals surface area (Å²) >= 11 is 4.41. The lowest BCUT2D eigenvalue weighted by Gasteiger charge is -2.20. The van der Waals surface area contributed by atoms with Gasteiger partial charge in [0.15, 0.2) is 5.13 Å². The highest BCUT2D eigenvalue weighted by Crippen LogP contribution is 2.30. The molecule has 0 saturated heterocycles. The molecule has 5 nitrogen and oxygen atoms in total. The summed E-state index contributed by atoms with van der Waals surface area (Å²) < 4.78 is 27.6. The Morgan fingerprint density at radius 2 is 1.85 bits per heavy atom. The predicted molar refractivity (Wildman–Crippen MR) is 107 cm³/mol. The number of hydrogen-bond donors (Lipinski definition) is 0. The van der Waals surface area contributed by atoms with Gasteiger partial charge in [-0.25, -0.2) is 22.7 Å². The number of thiophene rings is 1. The Labute approximate surface area is 163 Å². The quantitative estimate of drug-likeness (QED) is 0.453. The maximum Gasteiger partial charge on any atom is 0.266 e. The molecule has 4 aromatic rings. The first-order chi connectivity index (χ1) is 12.6. The number of thiazole rings is 2. The van der Waals surface area contributed by atoms with Crippen LogP contribution >= 0.6 is 34.0 Å². The molecule has 0 radical (unpaired) electrons. The molecule has 4 rings (SSSR count). The molecular formula is C17H13N3O2S4. The Kier molecular flexibility index (Phi) is 4.86. The van der Waals surface area contributed by atoms with Gasteiger partial charge in [0.2, 0.25) is 0 Å². The summed E-state index contributed by atoms with van der Waals surface area (Å²) in [6, 6.07) is 10.4. The number of benzene rings is 1. The van der Waals surface area contributed by atoms with E-state index in [1.807, 2.05) is 22.2 Å². The fraction of sp³-hybridized carbons (Fsp3) is 0.0588. The lowest BCUT2D eigenvalue weighted by Crippen LogP contribution is -2.30. The number of sulfonamides is 1. The summed E-state index contributed by atoms with van der Waals surface area (Å²) in [5, 5.41) is 9.01. The lowest BCUT2D eigenvalue weighted by atomic mass is 10.3. The Morgan fingerprint density at radius 1 is 1.00 bits per heavy atom. The average molecular weight is 420 g/mol. The Balaban J connectivity index is 1.69. The van der Waals surface area contributed by atoms with Crippen LogP contribution in [0.1, 0.15) is 5.69 Å². The average Bonchev–Trinajstić information content (AvgIpc) is 3.42. The van der Waals surface area contributed by atoms with Crippen LogP contribution in [0.2, 0.25) is 0 Å². The molecule has 132 valence electrons. The topological polar surface area (TPSA) is 63.2 Å². The summed E-state index contributed by atoms with van der Waals surface area (Å²) in [4.78, 5) is 9.05. The second-order valence-corrected chi connectivity index (χ2v) is 9.67. The van der Waals surface area contributed by atoms with Gasteiger partial charge in [-0.15, -0.1) is 22.7 Å². The third-order valence-corrected chi connectivity index (χ3v) is 7.87. The number of rotatable bonds is 6. The van der Waals surface area contributed by atoms with E-state index in [0.29, 0.717) is 10.8 Å². The van der Waals surface area contributed by atoms with Crippen molar-refractivity contribution in [2.75, 3.05) is 4.31 Å².